The predicted octanol–water partition coefficient (Wildman–Crippen LogP) is 2.12. The zero-order chi connectivity index (χ0) is 13.3. The van der Waals surface area contributed by atoms with Gasteiger partial charge in [0, 0.05) is 19.0 Å². The fourth-order valence-corrected chi connectivity index (χ4v) is 2.98. The van der Waals surface area contributed by atoms with Crippen molar-refractivity contribution in [3.05, 3.63) is 0 Å². The van der Waals surface area contributed by atoms with Gasteiger partial charge in [-0.25, -0.2) is 0 Å². The van der Waals surface area contributed by atoms with Crippen LogP contribution in [0.4, 0.5) is 0 Å². The van der Waals surface area contributed by atoms with Crippen molar-refractivity contribution in [3.8, 4) is 0 Å². The zero-order valence-electron chi connectivity index (χ0n) is 11.6. The molecule has 1 aliphatic carbocycles. The summed E-state index contributed by atoms with van der Waals surface area (Å²) in [7, 11) is 0. The quantitative estimate of drug-likeness (QED) is 0.724. The van der Waals surface area contributed by atoms with Crippen molar-refractivity contribution in [2.24, 2.45) is 5.92 Å². The molecule has 2 bridgehead atoms. The second-order valence-corrected chi connectivity index (χ2v) is 6.47. The third-order valence-corrected chi connectivity index (χ3v) is 3.69. The van der Waals surface area contributed by atoms with Gasteiger partial charge in [0.05, 0.1) is 6.42 Å². The third kappa shape index (κ3) is 3.24. The minimum absolute atomic E-state index is 0.119. The van der Waals surface area contributed by atoms with Gasteiger partial charge in [-0.2, -0.15) is 0 Å². The largest absolute Gasteiger partial charge is 0.460 e. The summed E-state index contributed by atoms with van der Waals surface area (Å²) in [4.78, 5) is 25.5. The van der Waals surface area contributed by atoms with E-state index >= 15 is 0 Å². The van der Waals surface area contributed by atoms with E-state index < -0.39 is 5.60 Å². The second kappa shape index (κ2) is 4.90. The number of hydrogen-bond acceptors (Lipinski definition) is 3. The third-order valence-electron chi connectivity index (χ3n) is 3.69. The fourth-order valence-electron chi connectivity index (χ4n) is 2.98. The van der Waals surface area contributed by atoms with Crippen molar-refractivity contribution in [2.45, 2.75) is 64.5 Å². The van der Waals surface area contributed by atoms with Gasteiger partial charge in [-0.15, -0.1) is 0 Å². The standard InChI is InChI=1S/C14H23NO3/c1-14(2,3)18-13(17)7-6-12(16)15-9-10-4-5-11(15)8-10/h10-11H,4-9H2,1-3H3. The van der Waals surface area contributed by atoms with Crippen molar-refractivity contribution in [1.82, 2.24) is 4.90 Å². The van der Waals surface area contributed by atoms with E-state index in [0.717, 1.165) is 19.4 Å². The number of carbonyl (C=O) groups is 2. The molecule has 1 saturated heterocycles. The molecule has 2 atom stereocenters. The van der Waals surface area contributed by atoms with Crippen molar-refractivity contribution in [3.63, 3.8) is 0 Å². The number of hydrogen-bond donors (Lipinski definition) is 0. The molecule has 2 unspecified atom stereocenters. The predicted molar refractivity (Wildman–Crippen MR) is 67.9 cm³/mol. The maximum atomic E-state index is 12.0. The lowest BCUT2D eigenvalue weighted by molar-refractivity contribution is -0.156. The number of rotatable bonds is 3. The Kier molecular flexibility index (Phi) is 3.64. The van der Waals surface area contributed by atoms with E-state index in [1.807, 2.05) is 25.7 Å². The molecule has 18 heavy (non-hydrogen) atoms. The van der Waals surface area contributed by atoms with E-state index in [0.29, 0.717) is 12.0 Å². The molecule has 2 aliphatic rings. The Morgan fingerprint density at radius 1 is 1.22 bits per heavy atom. The van der Waals surface area contributed by atoms with Crippen molar-refractivity contribution in [1.29, 1.82) is 0 Å². The van der Waals surface area contributed by atoms with E-state index in [4.69, 9.17) is 4.74 Å². The minimum atomic E-state index is -0.465. The lowest BCUT2D eigenvalue weighted by atomic mass is 10.1. The van der Waals surface area contributed by atoms with E-state index in [-0.39, 0.29) is 24.7 Å². The van der Waals surface area contributed by atoms with Crippen LogP contribution in [-0.2, 0) is 14.3 Å². The van der Waals surface area contributed by atoms with Gasteiger partial charge < -0.3 is 9.64 Å². The molecule has 1 heterocycles. The van der Waals surface area contributed by atoms with Crippen LogP contribution < -0.4 is 0 Å². The van der Waals surface area contributed by atoms with Crippen LogP contribution in [0.1, 0.15) is 52.9 Å². The molecule has 2 rings (SSSR count). The molecule has 102 valence electrons. The molecule has 0 aromatic carbocycles. The first kappa shape index (κ1) is 13.4. The van der Waals surface area contributed by atoms with Crippen molar-refractivity contribution >= 4 is 11.9 Å². The van der Waals surface area contributed by atoms with Crippen LogP contribution in [0.25, 0.3) is 0 Å². The SMILES string of the molecule is CC(C)(C)OC(=O)CCC(=O)N1CC2CCC1C2. The Bertz CT molecular complexity index is 345. The molecular weight excluding hydrogens is 230 g/mol. The van der Waals surface area contributed by atoms with E-state index in [9.17, 15) is 9.59 Å². The van der Waals surface area contributed by atoms with Gasteiger partial charge in [-0.05, 0) is 46.0 Å². The topological polar surface area (TPSA) is 46.6 Å². The Hall–Kier alpha value is -1.06. The van der Waals surface area contributed by atoms with Gasteiger partial charge in [0.25, 0.3) is 0 Å². The summed E-state index contributed by atoms with van der Waals surface area (Å²) in [6.07, 6.45) is 4.06. The normalized spacial score (nSPS) is 26.5. The molecule has 0 aromatic heterocycles. The van der Waals surface area contributed by atoms with Crippen LogP contribution in [0, 0.1) is 5.92 Å². The smallest absolute Gasteiger partial charge is 0.306 e. The molecule has 1 aliphatic heterocycles. The number of piperidine rings is 1. The van der Waals surface area contributed by atoms with E-state index in [1.165, 1.54) is 6.42 Å². The van der Waals surface area contributed by atoms with Crippen LogP contribution in [0.3, 0.4) is 0 Å². The van der Waals surface area contributed by atoms with E-state index in [2.05, 4.69) is 0 Å². The van der Waals surface area contributed by atoms with Gasteiger partial charge in [-0.1, -0.05) is 0 Å². The molecular formula is C14H23NO3. The summed E-state index contributed by atoms with van der Waals surface area (Å²) in [6.45, 7) is 6.42. The monoisotopic (exact) mass is 253 g/mol. The van der Waals surface area contributed by atoms with Crippen LogP contribution in [0.2, 0.25) is 0 Å². The molecule has 2 fully saturated rings. The number of amides is 1. The number of esters is 1. The highest BCUT2D eigenvalue weighted by atomic mass is 16.6. The first-order chi connectivity index (χ1) is 8.35. The van der Waals surface area contributed by atoms with Crippen molar-refractivity contribution in [2.75, 3.05) is 6.54 Å². The summed E-state index contributed by atoms with van der Waals surface area (Å²) >= 11 is 0. The first-order valence-electron chi connectivity index (χ1n) is 6.86. The molecule has 4 heteroatoms. The lowest BCUT2D eigenvalue weighted by Gasteiger charge is -2.27. The van der Waals surface area contributed by atoms with Crippen LogP contribution in [0.5, 0.6) is 0 Å². The minimum Gasteiger partial charge on any atom is -0.460 e. The number of likely N-dealkylation sites (tertiary alicyclic amines) is 1. The van der Waals surface area contributed by atoms with Gasteiger partial charge in [0.1, 0.15) is 5.60 Å². The summed E-state index contributed by atoms with van der Waals surface area (Å²) in [5, 5.41) is 0. The molecule has 1 amide bonds. The maximum absolute atomic E-state index is 12.0. The van der Waals surface area contributed by atoms with E-state index in [1.54, 1.807) is 0 Å². The number of fused-ring (bicyclic) bond motifs is 2. The molecule has 0 spiro atoms. The number of carbonyl (C=O) groups excluding carboxylic acids is 2. The Balaban J connectivity index is 1.74. The Labute approximate surface area is 109 Å². The zero-order valence-corrected chi connectivity index (χ0v) is 11.6. The average Bonchev–Trinajstić information content (AvgIpc) is 2.84. The molecule has 0 radical (unpaired) electrons. The van der Waals surface area contributed by atoms with Gasteiger partial charge in [-0.3, -0.25) is 9.59 Å². The summed E-state index contributed by atoms with van der Waals surface area (Å²) in [5.41, 5.74) is -0.465. The molecule has 1 saturated carbocycles. The lowest BCUT2D eigenvalue weighted by Crippen LogP contribution is -2.38. The molecule has 0 aromatic rings. The second-order valence-electron chi connectivity index (χ2n) is 6.47. The molecule has 0 N–H and O–H groups in total. The van der Waals surface area contributed by atoms with Gasteiger partial charge >= 0.3 is 5.97 Å². The highest BCUT2D eigenvalue weighted by molar-refractivity contribution is 5.82. The maximum Gasteiger partial charge on any atom is 0.306 e. The Morgan fingerprint density at radius 2 is 1.94 bits per heavy atom. The number of nitrogens with zero attached hydrogens (tertiary/aromatic N) is 1. The summed E-state index contributed by atoms with van der Waals surface area (Å²) in [5.74, 6) is 0.550. The average molecular weight is 253 g/mol. The fraction of sp³-hybridized carbons (Fsp3) is 0.857. The van der Waals surface area contributed by atoms with Crippen molar-refractivity contribution < 1.29 is 14.3 Å². The Morgan fingerprint density at radius 3 is 2.44 bits per heavy atom. The van der Waals surface area contributed by atoms with Gasteiger partial charge in [0.15, 0.2) is 0 Å². The highest BCUT2D eigenvalue weighted by Crippen LogP contribution is 2.37. The number of ether oxygens (including phenoxy) is 1. The van der Waals surface area contributed by atoms with Crippen LogP contribution in [-0.4, -0.2) is 35.0 Å². The summed E-state index contributed by atoms with van der Waals surface area (Å²) < 4.78 is 5.20. The summed E-state index contributed by atoms with van der Waals surface area (Å²) in [6, 6.07) is 0.445. The van der Waals surface area contributed by atoms with Gasteiger partial charge in [0.2, 0.25) is 5.91 Å². The van der Waals surface area contributed by atoms with Crippen LogP contribution >= 0.6 is 0 Å². The highest BCUT2D eigenvalue weighted by Gasteiger charge is 2.39. The molecule has 4 nitrogen and oxygen atoms in total. The first-order valence-corrected chi connectivity index (χ1v) is 6.86. The van der Waals surface area contributed by atoms with Crippen LogP contribution in [0.15, 0.2) is 0 Å².